The number of nitrogens with zero attached hydrogens (tertiary/aromatic N) is 2. The number of hydrogen-bond acceptors (Lipinski definition) is 4. The molecule has 202 valence electrons. The number of carbonyl (C=O) groups is 3. The van der Waals surface area contributed by atoms with Crippen LogP contribution in [0, 0.1) is 6.92 Å². The summed E-state index contributed by atoms with van der Waals surface area (Å²) in [4.78, 5) is 44.2. The van der Waals surface area contributed by atoms with E-state index in [0.29, 0.717) is 37.9 Å². The molecule has 2 saturated heterocycles. The highest BCUT2D eigenvalue weighted by Gasteiger charge is 2.54. The zero-order valence-electron chi connectivity index (χ0n) is 22.5. The highest BCUT2D eigenvalue weighted by molar-refractivity contribution is 5.99. The normalized spacial score (nSPS) is 19.1. The van der Waals surface area contributed by atoms with Gasteiger partial charge in [-0.2, -0.15) is 0 Å². The molecule has 0 saturated carbocycles. The van der Waals surface area contributed by atoms with Crippen molar-refractivity contribution in [2.24, 2.45) is 0 Å². The van der Waals surface area contributed by atoms with E-state index < -0.39 is 11.8 Å². The van der Waals surface area contributed by atoms with Crippen LogP contribution in [0.1, 0.15) is 52.9 Å². The van der Waals surface area contributed by atoms with Gasteiger partial charge in [0.15, 0.2) is 0 Å². The second-order valence-corrected chi connectivity index (χ2v) is 10.4. The molecular weight excluding hydrogens is 490 g/mol. The summed E-state index contributed by atoms with van der Waals surface area (Å²) < 4.78 is 6.35. The van der Waals surface area contributed by atoms with E-state index in [1.807, 2.05) is 97.6 Å². The molecule has 2 aliphatic heterocycles. The summed E-state index contributed by atoms with van der Waals surface area (Å²) in [6.07, 6.45) is 1.23. The minimum atomic E-state index is -0.944. The van der Waals surface area contributed by atoms with Crippen molar-refractivity contribution in [3.05, 3.63) is 107 Å². The number of piperidine rings is 1. The Labute approximate surface area is 229 Å². The van der Waals surface area contributed by atoms with Crippen LogP contribution in [0.2, 0.25) is 0 Å². The van der Waals surface area contributed by atoms with Crippen LogP contribution in [0.15, 0.2) is 84.9 Å². The Morgan fingerprint density at radius 2 is 1.54 bits per heavy atom. The third-order valence-electron chi connectivity index (χ3n) is 7.91. The summed E-state index contributed by atoms with van der Waals surface area (Å²) in [7, 11) is 0. The quantitative estimate of drug-likeness (QED) is 0.521. The van der Waals surface area contributed by atoms with E-state index in [0.717, 1.165) is 16.7 Å². The highest BCUT2D eigenvalue weighted by Crippen LogP contribution is 2.39. The van der Waals surface area contributed by atoms with Crippen molar-refractivity contribution in [1.82, 2.24) is 15.1 Å². The number of benzene rings is 3. The lowest BCUT2D eigenvalue weighted by Gasteiger charge is -2.44. The van der Waals surface area contributed by atoms with Crippen molar-refractivity contribution in [3.63, 3.8) is 0 Å². The van der Waals surface area contributed by atoms with Crippen LogP contribution in [0.4, 0.5) is 0 Å². The number of carbonyl (C=O) groups excluding carboxylic acids is 3. The molecule has 7 heteroatoms. The Hall–Kier alpha value is -3.97. The van der Waals surface area contributed by atoms with E-state index in [4.69, 9.17) is 4.74 Å². The molecule has 0 radical (unpaired) electrons. The first-order valence-electron chi connectivity index (χ1n) is 13.6. The molecule has 1 spiro atoms. The van der Waals surface area contributed by atoms with E-state index in [1.54, 1.807) is 11.0 Å². The summed E-state index contributed by atoms with van der Waals surface area (Å²) in [5.41, 5.74) is 2.42. The number of hydrogen-bond donors (Lipinski definition) is 1. The van der Waals surface area contributed by atoms with Crippen molar-refractivity contribution in [1.29, 1.82) is 0 Å². The molecule has 3 amide bonds. The zero-order valence-corrected chi connectivity index (χ0v) is 22.5. The lowest BCUT2D eigenvalue weighted by molar-refractivity contribution is -0.143. The second kappa shape index (κ2) is 11.4. The molecule has 0 aromatic heterocycles. The van der Waals surface area contributed by atoms with Crippen molar-refractivity contribution in [3.8, 4) is 0 Å². The first-order chi connectivity index (χ1) is 18.9. The molecule has 1 N–H and O–H groups in total. The molecule has 2 aliphatic rings. The Balaban J connectivity index is 1.36. The van der Waals surface area contributed by atoms with Gasteiger partial charge in [0.25, 0.3) is 5.91 Å². The largest absolute Gasteiger partial charge is 0.353 e. The maximum atomic E-state index is 14.1. The predicted molar refractivity (Wildman–Crippen MR) is 149 cm³/mol. The molecule has 2 fully saturated rings. The Kier molecular flexibility index (Phi) is 7.79. The average Bonchev–Trinajstić information content (AvgIpc) is 3.32. The summed E-state index contributed by atoms with van der Waals surface area (Å²) in [5.74, 6) is -0.410. The summed E-state index contributed by atoms with van der Waals surface area (Å²) in [5, 5.41) is 3.09. The fraction of sp³-hybridized carbons (Fsp3) is 0.344. The van der Waals surface area contributed by atoms with Crippen molar-refractivity contribution < 1.29 is 19.1 Å². The van der Waals surface area contributed by atoms with Crippen molar-refractivity contribution in [2.75, 3.05) is 19.7 Å². The standard InChI is InChI=1S/C32H35N3O4/c1-23-11-9-10-16-27(23)31(38)35-28(30(37)33-24(2)26-14-7-4-8-15-26)22-39-32(35)17-19-34(20-18-32)29(36)21-25-12-5-3-6-13-25/h3-16,24,28H,17-22H2,1-2H3,(H,33,37). The van der Waals surface area contributed by atoms with Crippen LogP contribution in [0.3, 0.4) is 0 Å². The molecule has 5 rings (SSSR count). The first kappa shape index (κ1) is 26.6. The molecule has 2 unspecified atom stereocenters. The molecule has 7 nitrogen and oxygen atoms in total. The van der Waals surface area contributed by atoms with Gasteiger partial charge >= 0.3 is 0 Å². The summed E-state index contributed by atoms with van der Waals surface area (Å²) in [6, 6.07) is 25.9. The third-order valence-corrected chi connectivity index (χ3v) is 7.91. The minimum Gasteiger partial charge on any atom is -0.353 e. The predicted octanol–water partition coefficient (Wildman–Crippen LogP) is 4.27. The van der Waals surface area contributed by atoms with Gasteiger partial charge in [0, 0.05) is 31.5 Å². The molecule has 3 aromatic rings. The number of amides is 3. The van der Waals surface area contributed by atoms with Gasteiger partial charge < -0.3 is 15.0 Å². The van der Waals surface area contributed by atoms with Gasteiger partial charge in [-0.3, -0.25) is 19.3 Å². The maximum Gasteiger partial charge on any atom is 0.257 e. The Morgan fingerprint density at radius 3 is 2.21 bits per heavy atom. The van der Waals surface area contributed by atoms with Gasteiger partial charge in [0.1, 0.15) is 11.8 Å². The van der Waals surface area contributed by atoms with E-state index in [2.05, 4.69) is 5.32 Å². The van der Waals surface area contributed by atoms with Crippen molar-refractivity contribution >= 4 is 17.7 Å². The monoisotopic (exact) mass is 525 g/mol. The van der Waals surface area contributed by atoms with Crippen LogP contribution in [0.5, 0.6) is 0 Å². The maximum absolute atomic E-state index is 14.1. The Bertz CT molecular complexity index is 1320. The lowest BCUT2D eigenvalue weighted by atomic mass is 9.95. The van der Waals surface area contributed by atoms with Gasteiger partial charge in [0.05, 0.1) is 19.1 Å². The van der Waals surface area contributed by atoms with Gasteiger partial charge in [-0.1, -0.05) is 78.9 Å². The van der Waals surface area contributed by atoms with E-state index >= 15 is 0 Å². The smallest absolute Gasteiger partial charge is 0.257 e. The number of ether oxygens (including phenoxy) is 1. The summed E-state index contributed by atoms with van der Waals surface area (Å²) in [6.45, 7) is 4.86. The van der Waals surface area contributed by atoms with Gasteiger partial charge in [-0.25, -0.2) is 0 Å². The fourth-order valence-electron chi connectivity index (χ4n) is 5.63. The van der Waals surface area contributed by atoms with Crippen LogP contribution in [0.25, 0.3) is 0 Å². The average molecular weight is 526 g/mol. The third kappa shape index (κ3) is 5.59. The van der Waals surface area contributed by atoms with Crippen molar-refractivity contribution in [2.45, 2.75) is 50.9 Å². The first-order valence-corrected chi connectivity index (χ1v) is 13.6. The van der Waals surface area contributed by atoms with Crippen LogP contribution in [-0.2, 0) is 20.7 Å². The molecule has 3 aromatic carbocycles. The molecule has 0 bridgehead atoms. The van der Waals surface area contributed by atoms with Gasteiger partial charge in [-0.05, 0) is 36.6 Å². The number of rotatable bonds is 6. The van der Waals surface area contributed by atoms with E-state index in [-0.39, 0.29) is 30.4 Å². The molecule has 39 heavy (non-hydrogen) atoms. The van der Waals surface area contributed by atoms with Gasteiger partial charge in [-0.15, -0.1) is 0 Å². The van der Waals surface area contributed by atoms with Crippen LogP contribution in [-0.4, -0.2) is 59.0 Å². The highest BCUT2D eigenvalue weighted by atomic mass is 16.5. The zero-order chi connectivity index (χ0) is 27.4. The van der Waals surface area contributed by atoms with Crippen LogP contribution < -0.4 is 5.32 Å². The minimum absolute atomic E-state index is 0.0526. The molecule has 0 aliphatic carbocycles. The molecule has 2 heterocycles. The van der Waals surface area contributed by atoms with E-state index in [9.17, 15) is 14.4 Å². The number of nitrogens with one attached hydrogen (secondary N) is 1. The summed E-state index contributed by atoms with van der Waals surface area (Å²) >= 11 is 0. The van der Waals surface area contributed by atoms with Gasteiger partial charge in [0.2, 0.25) is 11.8 Å². The lowest BCUT2D eigenvalue weighted by Crippen LogP contribution is -2.60. The Morgan fingerprint density at radius 1 is 0.923 bits per heavy atom. The number of likely N-dealkylation sites (tertiary alicyclic amines) is 1. The number of aryl methyl sites for hydroxylation is 1. The second-order valence-electron chi connectivity index (χ2n) is 10.4. The molecule has 2 atom stereocenters. The van der Waals surface area contributed by atoms with Crippen LogP contribution >= 0.6 is 0 Å². The fourth-order valence-corrected chi connectivity index (χ4v) is 5.63. The topological polar surface area (TPSA) is 79.0 Å². The van der Waals surface area contributed by atoms with E-state index in [1.165, 1.54) is 0 Å². The SMILES string of the molecule is Cc1ccccc1C(=O)N1C(C(=O)NC(C)c2ccccc2)COC12CCN(C(=O)Cc1ccccc1)CC2. The molecular formula is C32H35N3O4.